The first-order chi connectivity index (χ1) is 9.85. The van der Waals surface area contributed by atoms with E-state index >= 15 is 0 Å². The number of ether oxygens (including phenoxy) is 1. The van der Waals surface area contributed by atoms with Gasteiger partial charge in [-0.15, -0.1) is 0 Å². The number of rotatable bonds is 4. The van der Waals surface area contributed by atoms with Crippen molar-refractivity contribution in [1.82, 2.24) is 15.2 Å². The summed E-state index contributed by atoms with van der Waals surface area (Å²) in [4.78, 5) is 6.90. The van der Waals surface area contributed by atoms with Crippen molar-refractivity contribution in [2.24, 2.45) is 0 Å². The normalized spacial score (nSPS) is 13.3. The van der Waals surface area contributed by atoms with Crippen molar-refractivity contribution >= 4 is 0 Å². The van der Waals surface area contributed by atoms with Crippen LogP contribution < -0.4 is 10.1 Å². The van der Waals surface area contributed by atoms with E-state index < -0.39 is 0 Å². The molecule has 3 rings (SSSR count). The van der Waals surface area contributed by atoms with E-state index in [0.717, 1.165) is 35.9 Å². The number of hydrogen-bond acceptors (Lipinski definition) is 4. The van der Waals surface area contributed by atoms with Gasteiger partial charge in [0.25, 0.3) is 0 Å². The number of methoxy groups -OCH3 is 1. The third-order valence-corrected chi connectivity index (χ3v) is 3.23. The van der Waals surface area contributed by atoms with Crippen LogP contribution in [0.25, 0.3) is 11.3 Å². The van der Waals surface area contributed by atoms with Crippen molar-refractivity contribution in [2.75, 3.05) is 13.8 Å². The van der Waals surface area contributed by atoms with Crippen molar-refractivity contribution in [1.29, 1.82) is 0 Å². The minimum atomic E-state index is 0.807. The highest BCUT2D eigenvalue weighted by molar-refractivity contribution is 5.61. The van der Waals surface area contributed by atoms with E-state index in [4.69, 9.17) is 9.72 Å². The molecule has 1 aliphatic rings. The lowest BCUT2D eigenvalue weighted by molar-refractivity contribution is 0.380. The Morgan fingerprint density at radius 2 is 2.15 bits per heavy atom. The van der Waals surface area contributed by atoms with Gasteiger partial charge in [0.05, 0.1) is 31.7 Å². The lowest BCUT2D eigenvalue weighted by Crippen LogP contribution is -2.20. The highest BCUT2D eigenvalue weighted by atomic mass is 16.5. The van der Waals surface area contributed by atoms with E-state index in [1.165, 1.54) is 0 Å². The average molecular weight is 267 g/mol. The summed E-state index contributed by atoms with van der Waals surface area (Å²) in [6.07, 6.45) is 3.99. The number of aromatic nitrogens is 1. The predicted octanol–water partition coefficient (Wildman–Crippen LogP) is 2.59. The molecular formula is C16H17N3O. The van der Waals surface area contributed by atoms with Crippen LogP contribution in [0.3, 0.4) is 0 Å². The van der Waals surface area contributed by atoms with E-state index in [2.05, 4.69) is 16.3 Å². The summed E-state index contributed by atoms with van der Waals surface area (Å²) in [6.45, 7) is 1.65. The average Bonchev–Trinajstić information content (AvgIpc) is 3.00. The molecule has 0 saturated carbocycles. The minimum absolute atomic E-state index is 0.807. The van der Waals surface area contributed by atoms with Crippen LogP contribution in [0, 0.1) is 0 Å². The van der Waals surface area contributed by atoms with Crippen molar-refractivity contribution in [3.8, 4) is 17.0 Å². The zero-order valence-electron chi connectivity index (χ0n) is 11.4. The largest absolute Gasteiger partial charge is 0.497 e. The van der Waals surface area contributed by atoms with E-state index in [1.807, 2.05) is 48.8 Å². The summed E-state index contributed by atoms with van der Waals surface area (Å²) in [6, 6.07) is 14.1. The molecule has 4 nitrogen and oxygen atoms in total. The van der Waals surface area contributed by atoms with Crippen LogP contribution in [0.4, 0.5) is 0 Å². The Labute approximate surface area is 118 Å². The van der Waals surface area contributed by atoms with Crippen LogP contribution in [-0.2, 0) is 6.54 Å². The Morgan fingerprint density at radius 1 is 1.25 bits per heavy atom. The fourth-order valence-electron chi connectivity index (χ4n) is 2.21. The Balaban J connectivity index is 1.84. The molecule has 0 saturated heterocycles. The lowest BCUT2D eigenvalue weighted by Gasteiger charge is -2.14. The zero-order chi connectivity index (χ0) is 13.8. The van der Waals surface area contributed by atoms with Gasteiger partial charge in [-0.05, 0) is 24.3 Å². The number of pyridine rings is 1. The SMILES string of the molecule is COc1cccc(-c2cccc(CN3C=CNC3)n2)c1. The Bertz CT molecular complexity index is 625. The second-order valence-corrected chi connectivity index (χ2v) is 4.67. The van der Waals surface area contributed by atoms with Crippen molar-refractivity contribution in [3.05, 3.63) is 60.6 Å². The van der Waals surface area contributed by atoms with Crippen LogP contribution >= 0.6 is 0 Å². The molecule has 0 spiro atoms. The summed E-state index contributed by atoms with van der Waals surface area (Å²) < 4.78 is 5.26. The van der Waals surface area contributed by atoms with E-state index in [9.17, 15) is 0 Å². The van der Waals surface area contributed by atoms with Gasteiger partial charge < -0.3 is 15.0 Å². The van der Waals surface area contributed by atoms with Gasteiger partial charge in [-0.1, -0.05) is 18.2 Å². The van der Waals surface area contributed by atoms with Gasteiger partial charge >= 0.3 is 0 Å². The Kier molecular flexibility index (Phi) is 3.54. The molecule has 1 aliphatic heterocycles. The van der Waals surface area contributed by atoms with Gasteiger partial charge in [0.15, 0.2) is 0 Å². The molecule has 0 fully saturated rings. The molecule has 0 aliphatic carbocycles. The number of nitrogens with zero attached hydrogens (tertiary/aromatic N) is 2. The van der Waals surface area contributed by atoms with E-state index in [-0.39, 0.29) is 0 Å². The number of hydrogen-bond donors (Lipinski definition) is 1. The van der Waals surface area contributed by atoms with Crippen LogP contribution in [0.5, 0.6) is 5.75 Å². The molecule has 20 heavy (non-hydrogen) atoms. The monoisotopic (exact) mass is 267 g/mol. The molecule has 0 atom stereocenters. The third-order valence-electron chi connectivity index (χ3n) is 3.23. The number of nitrogens with one attached hydrogen (secondary N) is 1. The smallest absolute Gasteiger partial charge is 0.119 e. The highest BCUT2D eigenvalue weighted by Crippen LogP contribution is 2.22. The van der Waals surface area contributed by atoms with Crippen LogP contribution in [-0.4, -0.2) is 23.7 Å². The third kappa shape index (κ3) is 2.74. The Morgan fingerprint density at radius 3 is 2.95 bits per heavy atom. The van der Waals surface area contributed by atoms with E-state index in [1.54, 1.807) is 7.11 Å². The van der Waals surface area contributed by atoms with Gasteiger partial charge in [-0.3, -0.25) is 4.98 Å². The lowest BCUT2D eigenvalue weighted by atomic mass is 10.1. The molecule has 1 aromatic carbocycles. The second-order valence-electron chi connectivity index (χ2n) is 4.67. The maximum Gasteiger partial charge on any atom is 0.119 e. The van der Waals surface area contributed by atoms with Crippen LogP contribution in [0.2, 0.25) is 0 Å². The van der Waals surface area contributed by atoms with Gasteiger partial charge in [0, 0.05) is 18.0 Å². The molecule has 0 unspecified atom stereocenters. The molecule has 0 bridgehead atoms. The Hall–Kier alpha value is -2.49. The van der Waals surface area contributed by atoms with Gasteiger partial charge in [-0.2, -0.15) is 0 Å². The molecule has 1 N–H and O–H groups in total. The molecule has 2 aromatic rings. The molecule has 1 aromatic heterocycles. The summed E-state index contributed by atoms with van der Waals surface area (Å²) in [5.74, 6) is 0.848. The molecule has 0 radical (unpaired) electrons. The molecule has 4 heteroatoms. The summed E-state index contributed by atoms with van der Waals surface area (Å²) in [7, 11) is 1.68. The standard InChI is InChI=1S/C16H17N3O/c1-20-15-6-2-4-13(10-15)16-7-3-5-14(18-16)11-19-9-8-17-12-19/h2-10,17H,11-12H2,1H3. The quantitative estimate of drug-likeness (QED) is 0.924. The highest BCUT2D eigenvalue weighted by Gasteiger charge is 2.07. The maximum absolute atomic E-state index is 5.26. The van der Waals surface area contributed by atoms with Crippen LogP contribution in [0.1, 0.15) is 5.69 Å². The molecule has 2 heterocycles. The minimum Gasteiger partial charge on any atom is -0.497 e. The molecule has 102 valence electrons. The topological polar surface area (TPSA) is 37.4 Å². The first-order valence-corrected chi connectivity index (χ1v) is 6.59. The van der Waals surface area contributed by atoms with Gasteiger partial charge in [0.2, 0.25) is 0 Å². The number of benzene rings is 1. The summed E-state index contributed by atoms with van der Waals surface area (Å²) >= 11 is 0. The van der Waals surface area contributed by atoms with Gasteiger partial charge in [-0.25, -0.2) is 0 Å². The molecular weight excluding hydrogens is 250 g/mol. The van der Waals surface area contributed by atoms with Crippen molar-refractivity contribution < 1.29 is 4.74 Å². The fourth-order valence-corrected chi connectivity index (χ4v) is 2.21. The van der Waals surface area contributed by atoms with Crippen molar-refractivity contribution in [3.63, 3.8) is 0 Å². The molecule has 0 amide bonds. The summed E-state index contributed by atoms with van der Waals surface area (Å²) in [5.41, 5.74) is 3.09. The zero-order valence-corrected chi connectivity index (χ0v) is 11.4. The maximum atomic E-state index is 5.26. The predicted molar refractivity (Wildman–Crippen MR) is 78.9 cm³/mol. The van der Waals surface area contributed by atoms with Crippen LogP contribution in [0.15, 0.2) is 54.9 Å². The van der Waals surface area contributed by atoms with E-state index in [0.29, 0.717) is 0 Å². The van der Waals surface area contributed by atoms with Gasteiger partial charge in [0.1, 0.15) is 5.75 Å². The first-order valence-electron chi connectivity index (χ1n) is 6.59. The van der Waals surface area contributed by atoms with Crippen molar-refractivity contribution in [2.45, 2.75) is 6.54 Å². The fraction of sp³-hybridized carbons (Fsp3) is 0.188. The summed E-state index contributed by atoms with van der Waals surface area (Å²) in [5, 5.41) is 3.16. The second kappa shape index (κ2) is 5.65. The first kappa shape index (κ1) is 12.5.